The highest BCUT2D eigenvalue weighted by Crippen LogP contribution is 2.20. The number of rotatable bonds is 3. The Labute approximate surface area is 99.4 Å². The monoisotopic (exact) mass is 226 g/mol. The van der Waals surface area contributed by atoms with Crippen molar-refractivity contribution in [1.29, 1.82) is 0 Å². The average molecular weight is 226 g/mol. The fourth-order valence-corrected chi connectivity index (χ4v) is 2.25. The van der Waals surface area contributed by atoms with E-state index in [0.29, 0.717) is 17.5 Å². The van der Waals surface area contributed by atoms with E-state index in [1.807, 2.05) is 0 Å². The second-order valence-corrected chi connectivity index (χ2v) is 6.14. The number of hydrogen-bond donors (Lipinski definition) is 2. The SMILES string of the molecule is CC(=O)NC1CCCCC1NCC(C)(C)C. The fourth-order valence-electron chi connectivity index (χ4n) is 2.25. The molecule has 0 aliphatic heterocycles. The summed E-state index contributed by atoms with van der Waals surface area (Å²) in [6.45, 7) is 9.31. The molecule has 1 aliphatic carbocycles. The summed E-state index contributed by atoms with van der Waals surface area (Å²) in [5, 5.41) is 6.67. The summed E-state index contributed by atoms with van der Waals surface area (Å²) in [5.74, 6) is 0.0921. The first-order chi connectivity index (χ1) is 7.38. The molecule has 0 aromatic rings. The second-order valence-electron chi connectivity index (χ2n) is 6.14. The summed E-state index contributed by atoms with van der Waals surface area (Å²) in [6.07, 6.45) is 4.80. The van der Waals surface area contributed by atoms with Crippen LogP contribution in [-0.4, -0.2) is 24.5 Å². The van der Waals surface area contributed by atoms with Crippen molar-refractivity contribution in [2.24, 2.45) is 5.41 Å². The molecule has 3 heteroatoms. The fraction of sp³-hybridized carbons (Fsp3) is 0.923. The van der Waals surface area contributed by atoms with E-state index in [0.717, 1.165) is 13.0 Å². The van der Waals surface area contributed by atoms with E-state index in [1.165, 1.54) is 19.3 Å². The van der Waals surface area contributed by atoms with Gasteiger partial charge in [-0.15, -0.1) is 0 Å². The molecule has 1 saturated carbocycles. The predicted molar refractivity (Wildman–Crippen MR) is 67.3 cm³/mol. The van der Waals surface area contributed by atoms with Crippen molar-refractivity contribution in [3.63, 3.8) is 0 Å². The summed E-state index contributed by atoms with van der Waals surface area (Å²) >= 11 is 0. The molecule has 2 atom stereocenters. The molecule has 1 amide bonds. The van der Waals surface area contributed by atoms with Crippen LogP contribution in [0.4, 0.5) is 0 Å². The van der Waals surface area contributed by atoms with E-state index in [2.05, 4.69) is 31.4 Å². The van der Waals surface area contributed by atoms with Gasteiger partial charge in [-0.05, 0) is 18.3 Å². The minimum Gasteiger partial charge on any atom is -0.352 e. The average Bonchev–Trinajstić information content (AvgIpc) is 2.14. The molecule has 0 aromatic heterocycles. The van der Waals surface area contributed by atoms with Gasteiger partial charge in [-0.2, -0.15) is 0 Å². The van der Waals surface area contributed by atoms with Crippen molar-refractivity contribution in [2.75, 3.05) is 6.54 Å². The Morgan fingerprint density at radius 3 is 2.25 bits per heavy atom. The van der Waals surface area contributed by atoms with Crippen LogP contribution in [0.1, 0.15) is 53.4 Å². The van der Waals surface area contributed by atoms with Crippen molar-refractivity contribution in [2.45, 2.75) is 65.5 Å². The Morgan fingerprint density at radius 2 is 1.75 bits per heavy atom. The molecular weight excluding hydrogens is 200 g/mol. The Hall–Kier alpha value is -0.570. The highest BCUT2D eigenvalue weighted by atomic mass is 16.1. The number of hydrogen-bond acceptors (Lipinski definition) is 2. The minimum absolute atomic E-state index is 0.0921. The van der Waals surface area contributed by atoms with Crippen molar-refractivity contribution in [1.82, 2.24) is 10.6 Å². The lowest BCUT2D eigenvalue weighted by atomic mass is 9.88. The summed E-state index contributed by atoms with van der Waals surface area (Å²) in [4.78, 5) is 11.1. The molecule has 0 heterocycles. The van der Waals surface area contributed by atoms with E-state index in [1.54, 1.807) is 6.92 Å². The van der Waals surface area contributed by atoms with Crippen LogP contribution in [0, 0.1) is 5.41 Å². The van der Waals surface area contributed by atoms with Crippen LogP contribution >= 0.6 is 0 Å². The maximum Gasteiger partial charge on any atom is 0.217 e. The summed E-state index contributed by atoms with van der Waals surface area (Å²) in [5.41, 5.74) is 0.304. The van der Waals surface area contributed by atoms with Gasteiger partial charge in [-0.3, -0.25) is 4.79 Å². The van der Waals surface area contributed by atoms with Crippen LogP contribution in [0.25, 0.3) is 0 Å². The summed E-state index contributed by atoms with van der Waals surface area (Å²) < 4.78 is 0. The number of amides is 1. The Bertz CT molecular complexity index is 233. The van der Waals surface area contributed by atoms with Crippen molar-refractivity contribution >= 4 is 5.91 Å². The number of carbonyl (C=O) groups is 1. The van der Waals surface area contributed by atoms with Crippen LogP contribution in [0.15, 0.2) is 0 Å². The molecule has 1 fully saturated rings. The third kappa shape index (κ3) is 4.97. The highest BCUT2D eigenvalue weighted by Gasteiger charge is 2.26. The van der Waals surface area contributed by atoms with Crippen LogP contribution in [0.2, 0.25) is 0 Å². The van der Waals surface area contributed by atoms with Gasteiger partial charge in [0, 0.05) is 25.6 Å². The molecule has 0 bridgehead atoms. The van der Waals surface area contributed by atoms with Crippen molar-refractivity contribution in [3.8, 4) is 0 Å². The lowest BCUT2D eigenvalue weighted by Gasteiger charge is -2.34. The quantitative estimate of drug-likeness (QED) is 0.773. The number of nitrogens with one attached hydrogen (secondary N) is 2. The molecule has 0 spiro atoms. The first-order valence-corrected chi connectivity index (χ1v) is 6.39. The third-order valence-corrected chi connectivity index (χ3v) is 3.05. The second kappa shape index (κ2) is 5.67. The van der Waals surface area contributed by atoms with Crippen LogP contribution in [-0.2, 0) is 4.79 Å². The first kappa shape index (κ1) is 13.5. The van der Waals surface area contributed by atoms with Gasteiger partial charge in [0.2, 0.25) is 5.91 Å². The summed E-state index contributed by atoms with van der Waals surface area (Å²) in [6, 6.07) is 0.783. The van der Waals surface area contributed by atoms with Crippen LogP contribution in [0.3, 0.4) is 0 Å². The van der Waals surface area contributed by atoms with Gasteiger partial charge in [0.05, 0.1) is 0 Å². The van der Waals surface area contributed by atoms with Crippen LogP contribution < -0.4 is 10.6 Å². The summed E-state index contributed by atoms with van der Waals surface area (Å²) in [7, 11) is 0. The van der Waals surface area contributed by atoms with E-state index < -0.39 is 0 Å². The van der Waals surface area contributed by atoms with E-state index in [-0.39, 0.29) is 5.91 Å². The third-order valence-electron chi connectivity index (χ3n) is 3.05. The maximum absolute atomic E-state index is 11.1. The topological polar surface area (TPSA) is 41.1 Å². The lowest BCUT2D eigenvalue weighted by Crippen LogP contribution is -2.52. The molecule has 16 heavy (non-hydrogen) atoms. The zero-order valence-corrected chi connectivity index (χ0v) is 11.1. The Kier molecular flexibility index (Phi) is 4.78. The molecule has 94 valence electrons. The normalized spacial score (nSPS) is 26.5. The first-order valence-electron chi connectivity index (χ1n) is 6.39. The largest absolute Gasteiger partial charge is 0.352 e. The zero-order chi connectivity index (χ0) is 12.2. The van der Waals surface area contributed by atoms with E-state index >= 15 is 0 Å². The molecule has 1 rings (SSSR count). The van der Waals surface area contributed by atoms with Gasteiger partial charge in [-0.1, -0.05) is 33.6 Å². The van der Waals surface area contributed by atoms with Gasteiger partial charge < -0.3 is 10.6 Å². The predicted octanol–water partition coefficient (Wildman–Crippen LogP) is 2.07. The Balaban J connectivity index is 2.44. The molecule has 0 radical (unpaired) electrons. The van der Waals surface area contributed by atoms with E-state index in [4.69, 9.17) is 0 Å². The molecule has 2 unspecified atom stereocenters. The van der Waals surface area contributed by atoms with Gasteiger partial charge in [0.25, 0.3) is 0 Å². The smallest absolute Gasteiger partial charge is 0.217 e. The minimum atomic E-state index is 0.0921. The number of carbonyl (C=O) groups excluding carboxylic acids is 1. The van der Waals surface area contributed by atoms with Crippen molar-refractivity contribution < 1.29 is 4.79 Å². The Morgan fingerprint density at radius 1 is 1.19 bits per heavy atom. The molecule has 2 N–H and O–H groups in total. The van der Waals surface area contributed by atoms with Crippen LogP contribution in [0.5, 0.6) is 0 Å². The standard InChI is InChI=1S/C13H26N2O/c1-10(16)15-12-8-6-5-7-11(12)14-9-13(2,3)4/h11-12,14H,5-9H2,1-4H3,(H,15,16). The highest BCUT2D eigenvalue weighted by molar-refractivity contribution is 5.73. The van der Waals surface area contributed by atoms with E-state index in [9.17, 15) is 4.79 Å². The lowest BCUT2D eigenvalue weighted by molar-refractivity contribution is -0.120. The van der Waals surface area contributed by atoms with Gasteiger partial charge in [0.1, 0.15) is 0 Å². The molecule has 1 aliphatic rings. The van der Waals surface area contributed by atoms with Crippen molar-refractivity contribution in [3.05, 3.63) is 0 Å². The molecule has 3 nitrogen and oxygen atoms in total. The maximum atomic E-state index is 11.1. The zero-order valence-electron chi connectivity index (χ0n) is 11.1. The molecule has 0 saturated heterocycles. The van der Waals surface area contributed by atoms with Gasteiger partial charge in [0.15, 0.2) is 0 Å². The molecular formula is C13H26N2O. The van der Waals surface area contributed by atoms with Gasteiger partial charge >= 0.3 is 0 Å². The van der Waals surface area contributed by atoms with Gasteiger partial charge in [-0.25, -0.2) is 0 Å². The molecule has 0 aromatic carbocycles.